The number of sulfone groups is 1. The highest BCUT2D eigenvalue weighted by atomic mass is 32.2. The average molecular weight is 273 g/mol. The minimum Gasteiger partial charge on any atom is -0.224 e. The molecule has 1 aromatic carbocycles. The maximum absolute atomic E-state index is 13.0. The van der Waals surface area contributed by atoms with Gasteiger partial charge in [-0.05, 0) is 38.5 Å². The van der Waals surface area contributed by atoms with Crippen LogP contribution in [0.1, 0.15) is 20.3 Å². The lowest BCUT2D eigenvalue weighted by Gasteiger charge is -2.14. The fourth-order valence-corrected chi connectivity index (χ4v) is 2.81. The number of nitrogens with zero attached hydrogens (tertiary/aromatic N) is 1. The molecule has 3 nitrogen and oxygen atoms in total. The summed E-state index contributed by atoms with van der Waals surface area (Å²) in [6, 6.07) is 4.44. The van der Waals surface area contributed by atoms with Crippen LogP contribution in [0.5, 0.6) is 0 Å². The Morgan fingerprint density at radius 3 is 2.39 bits per heavy atom. The van der Waals surface area contributed by atoms with Crippen molar-refractivity contribution in [3.05, 3.63) is 29.8 Å². The lowest BCUT2D eigenvalue weighted by Crippen LogP contribution is -2.16. The average Bonchev–Trinajstić information content (AvgIpc) is 2.30. The molecular formula is C12H13F2NO2S. The summed E-state index contributed by atoms with van der Waals surface area (Å²) >= 11 is 0. The number of benzene rings is 1. The van der Waals surface area contributed by atoms with Crippen molar-refractivity contribution in [1.29, 1.82) is 5.26 Å². The van der Waals surface area contributed by atoms with Crippen LogP contribution in [-0.4, -0.2) is 14.2 Å². The predicted octanol–water partition coefficient (Wildman–Crippen LogP) is 2.68. The van der Waals surface area contributed by atoms with Crippen molar-refractivity contribution in [1.82, 2.24) is 0 Å². The third kappa shape index (κ3) is 3.50. The second-order valence-electron chi connectivity index (χ2n) is 4.64. The van der Waals surface area contributed by atoms with Gasteiger partial charge in [-0.3, -0.25) is 0 Å². The van der Waals surface area contributed by atoms with Gasteiger partial charge in [-0.2, -0.15) is 5.26 Å². The molecule has 0 saturated carbocycles. The highest BCUT2D eigenvalue weighted by Crippen LogP contribution is 2.23. The first kappa shape index (κ1) is 14.6. The Kier molecular flexibility index (Phi) is 4.07. The van der Waals surface area contributed by atoms with E-state index in [1.807, 2.05) is 6.07 Å². The van der Waals surface area contributed by atoms with E-state index < -0.39 is 26.9 Å². The van der Waals surface area contributed by atoms with E-state index in [4.69, 9.17) is 5.26 Å². The SMILES string of the molecule is CC(C)(C#N)CCS(=O)(=O)c1ccc(F)c(F)c1. The summed E-state index contributed by atoms with van der Waals surface area (Å²) in [6.45, 7) is 3.24. The maximum Gasteiger partial charge on any atom is 0.178 e. The number of hydrogen-bond acceptors (Lipinski definition) is 3. The Balaban J connectivity index is 2.94. The Morgan fingerprint density at radius 2 is 1.89 bits per heavy atom. The molecule has 0 bridgehead atoms. The maximum atomic E-state index is 13.0. The Bertz CT molecular complexity index is 589. The monoisotopic (exact) mass is 273 g/mol. The van der Waals surface area contributed by atoms with Crippen LogP contribution in [0.4, 0.5) is 8.78 Å². The molecule has 0 atom stereocenters. The van der Waals surface area contributed by atoms with Crippen molar-refractivity contribution in [2.45, 2.75) is 25.2 Å². The van der Waals surface area contributed by atoms with Gasteiger partial charge in [0.05, 0.1) is 22.1 Å². The van der Waals surface area contributed by atoms with E-state index in [1.54, 1.807) is 13.8 Å². The Hall–Kier alpha value is -1.48. The molecule has 0 radical (unpaired) electrons. The molecule has 0 unspecified atom stereocenters. The smallest absolute Gasteiger partial charge is 0.178 e. The number of rotatable bonds is 4. The second kappa shape index (κ2) is 5.02. The van der Waals surface area contributed by atoms with Crippen LogP contribution < -0.4 is 0 Å². The molecule has 0 fully saturated rings. The van der Waals surface area contributed by atoms with E-state index in [9.17, 15) is 17.2 Å². The van der Waals surface area contributed by atoms with E-state index in [-0.39, 0.29) is 17.1 Å². The standard InChI is InChI=1S/C12H13F2NO2S/c1-12(2,8-15)5-6-18(16,17)9-3-4-10(13)11(14)7-9/h3-4,7H,5-6H2,1-2H3. The summed E-state index contributed by atoms with van der Waals surface area (Å²) in [5.41, 5.74) is -0.772. The molecule has 1 aromatic rings. The summed E-state index contributed by atoms with van der Waals surface area (Å²) in [5.74, 6) is -2.57. The van der Waals surface area contributed by atoms with Gasteiger partial charge in [0.25, 0.3) is 0 Å². The summed E-state index contributed by atoms with van der Waals surface area (Å²) in [5, 5.41) is 8.79. The summed E-state index contributed by atoms with van der Waals surface area (Å²) in [6.07, 6.45) is 0.130. The van der Waals surface area contributed by atoms with Crippen LogP contribution in [0.25, 0.3) is 0 Å². The lowest BCUT2D eigenvalue weighted by molar-refractivity contribution is 0.472. The van der Waals surface area contributed by atoms with Gasteiger partial charge in [0.1, 0.15) is 0 Å². The molecule has 0 aliphatic rings. The zero-order valence-corrected chi connectivity index (χ0v) is 10.9. The van der Waals surface area contributed by atoms with Gasteiger partial charge in [0, 0.05) is 0 Å². The molecule has 1 rings (SSSR count). The van der Waals surface area contributed by atoms with Crippen LogP contribution in [0, 0.1) is 28.4 Å². The second-order valence-corrected chi connectivity index (χ2v) is 6.75. The molecule has 0 amide bonds. The first-order valence-corrected chi connectivity index (χ1v) is 6.92. The van der Waals surface area contributed by atoms with Crippen molar-refractivity contribution in [3.63, 3.8) is 0 Å². The van der Waals surface area contributed by atoms with Crippen molar-refractivity contribution in [3.8, 4) is 6.07 Å². The fourth-order valence-electron chi connectivity index (χ4n) is 1.23. The third-order valence-electron chi connectivity index (χ3n) is 2.55. The van der Waals surface area contributed by atoms with Gasteiger partial charge in [-0.25, -0.2) is 17.2 Å². The number of hydrogen-bond donors (Lipinski definition) is 0. The van der Waals surface area contributed by atoms with Crippen LogP contribution in [0.3, 0.4) is 0 Å². The lowest BCUT2D eigenvalue weighted by atomic mass is 9.93. The van der Waals surface area contributed by atoms with E-state index in [0.717, 1.165) is 12.1 Å². The van der Waals surface area contributed by atoms with Gasteiger partial charge in [-0.15, -0.1) is 0 Å². The normalized spacial score (nSPS) is 12.2. The van der Waals surface area contributed by atoms with Crippen molar-refractivity contribution in [2.24, 2.45) is 5.41 Å². The molecule has 0 aliphatic heterocycles. The summed E-state index contributed by atoms with van der Waals surface area (Å²) < 4.78 is 49.4. The molecule has 18 heavy (non-hydrogen) atoms. The van der Waals surface area contributed by atoms with E-state index in [2.05, 4.69) is 0 Å². The first-order valence-electron chi connectivity index (χ1n) is 5.27. The summed E-state index contributed by atoms with van der Waals surface area (Å²) in [7, 11) is -3.70. The van der Waals surface area contributed by atoms with E-state index in [1.165, 1.54) is 0 Å². The van der Waals surface area contributed by atoms with Crippen molar-refractivity contribution in [2.75, 3.05) is 5.75 Å². The minimum absolute atomic E-state index is 0.130. The molecule has 0 aliphatic carbocycles. The Morgan fingerprint density at radius 1 is 1.28 bits per heavy atom. The molecule has 0 N–H and O–H groups in total. The topological polar surface area (TPSA) is 57.9 Å². The number of halogens is 2. The highest BCUT2D eigenvalue weighted by Gasteiger charge is 2.23. The molecule has 6 heteroatoms. The minimum atomic E-state index is -3.70. The fraction of sp³-hybridized carbons (Fsp3) is 0.417. The predicted molar refractivity (Wildman–Crippen MR) is 62.4 cm³/mol. The largest absolute Gasteiger partial charge is 0.224 e. The Labute approximate surface area is 105 Å². The highest BCUT2D eigenvalue weighted by molar-refractivity contribution is 7.91. The zero-order valence-electron chi connectivity index (χ0n) is 10.1. The molecule has 0 heterocycles. The van der Waals surface area contributed by atoms with Crippen molar-refractivity contribution < 1.29 is 17.2 Å². The van der Waals surface area contributed by atoms with E-state index >= 15 is 0 Å². The van der Waals surface area contributed by atoms with Gasteiger partial charge in [-0.1, -0.05) is 0 Å². The third-order valence-corrected chi connectivity index (χ3v) is 4.26. The van der Waals surface area contributed by atoms with Crippen LogP contribution >= 0.6 is 0 Å². The molecule has 0 saturated heterocycles. The summed E-state index contributed by atoms with van der Waals surface area (Å²) in [4.78, 5) is -0.268. The number of nitriles is 1. The van der Waals surface area contributed by atoms with Crippen LogP contribution in [0.15, 0.2) is 23.1 Å². The van der Waals surface area contributed by atoms with Gasteiger partial charge >= 0.3 is 0 Å². The molecule has 0 spiro atoms. The molecular weight excluding hydrogens is 260 g/mol. The van der Waals surface area contributed by atoms with Crippen LogP contribution in [-0.2, 0) is 9.84 Å². The zero-order chi connectivity index (χ0) is 14.0. The molecule has 0 aromatic heterocycles. The molecule has 98 valence electrons. The van der Waals surface area contributed by atoms with Gasteiger partial charge in [0.2, 0.25) is 0 Å². The van der Waals surface area contributed by atoms with Crippen LogP contribution in [0.2, 0.25) is 0 Å². The quantitative estimate of drug-likeness (QED) is 0.792. The van der Waals surface area contributed by atoms with E-state index in [0.29, 0.717) is 6.07 Å². The van der Waals surface area contributed by atoms with Gasteiger partial charge in [0.15, 0.2) is 21.5 Å². The van der Waals surface area contributed by atoms with Gasteiger partial charge < -0.3 is 0 Å². The van der Waals surface area contributed by atoms with Crippen molar-refractivity contribution >= 4 is 9.84 Å². The first-order chi connectivity index (χ1) is 8.18.